The molecule has 0 aliphatic carbocycles. The Kier molecular flexibility index (Phi) is 7.39. The standard InChI is InChI=1S/C21H30N2O4/c1-15(2)17-7-4-16(5-8-17)6-9-19(24)22(3)14-20(25)23-12-10-18(11-13-23)21(26)27/h4-5,7-8,15,18H,6,9-14H2,1-3H3,(H,26,27). The van der Waals surface area contributed by atoms with E-state index < -0.39 is 5.97 Å². The van der Waals surface area contributed by atoms with Gasteiger partial charge in [-0.1, -0.05) is 38.1 Å². The molecule has 1 fully saturated rings. The van der Waals surface area contributed by atoms with Crippen molar-refractivity contribution in [2.45, 2.75) is 45.4 Å². The molecule has 1 N–H and O–H groups in total. The fourth-order valence-electron chi connectivity index (χ4n) is 3.28. The average Bonchev–Trinajstić information content (AvgIpc) is 2.66. The monoisotopic (exact) mass is 374 g/mol. The molecule has 0 radical (unpaired) electrons. The molecule has 0 spiro atoms. The van der Waals surface area contributed by atoms with Gasteiger partial charge >= 0.3 is 5.97 Å². The van der Waals surface area contributed by atoms with Crippen LogP contribution < -0.4 is 0 Å². The van der Waals surface area contributed by atoms with Gasteiger partial charge in [-0.15, -0.1) is 0 Å². The highest BCUT2D eigenvalue weighted by molar-refractivity contribution is 5.85. The number of amides is 2. The van der Waals surface area contributed by atoms with Crippen LogP contribution in [0.4, 0.5) is 0 Å². The Labute approximate surface area is 161 Å². The Morgan fingerprint density at radius 3 is 2.26 bits per heavy atom. The Balaban J connectivity index is 1.76. The van der Waals surface area contributed by atoms with Gasteiger partial charge in [-0.2, -0.15) is 0 Å². The Morgan fingerprint density at radius 2 is 1.74 bits per heavy atom. The first-order valence-corrected chi connectivity index (χ1v) is 9.61. The fraction of sp³-hybridized carbons (Fsp3) is 0.571. The molecule has 148 valence electrons. The van der Waals surface area contributed by atoms with Crippen LogP contribution in [0.3, 0.4) is 0 Å². The number of likely N-dealkylation sites (N-methyl/N-ethyl adjacent to an activating group) is 1. The summed E-state index contributed by atoms with van der Waals surface area (Å²) in [6.45, 7) is 5.23. The van der Waals surface area contributed by atoms with Gasteiger partial charge in [0.25, 0.3) is 0 Å². The molecule has 0 saturated carbocycles. The lowest BCUT2D eigenvalue weighted by Gasteiger charge is -2.31. The van der Waals surface area contributed by atoms with Crippen LogP contribution in [-0.4, -0.2) is 59.4 Å². The number of piperidine rings is 1. The Hall–Kier alpha value is -2.37. The number of nitrogens with zero attached hydrogens (tertiary/aromatic N) is 2. The van der Waals surface area contributed by atoms with E-state index in [9.17, 15) is 14.4 Å². The van der Waals surface area contributed by atoms with Crippen molar-refractivity contribution in [2.24, 2.45) is 5.92 Å². The predicted octanol–water partition coefficient (Wildman–Crippen LogP) is 2.52. The summed E-state index contributed by atoms with van der Waals surface area (Å²) in [4.78, 5) is 38.8. The number of aryl methyl sites for hydroxylation is 1. The van der Waals surface area contributed by atoms with Crippen molar-refractivity contribution in [3.05, 3.63) is 35.4 Å². The molecule has 1 aromatic rings. The number of carbonyl (C=O) groups is 3. The molecule has 2 amide bonds. The smallest absolute Gasteiger partial charge is 0.306 e. The van der Waals surface area contributed by atoms with Crippen molar-refractivity contribution in [1.82, 2.24) is 9.80 Å². The van der Waals surface area contributed by atoms with Crippen LogP contribution in [0.1, 0.15) is 50.2 Å². The summed E-state index contributed by atoms with van der Waals surface area (Å²) < 4.78 is 0. The van der Waals surface area contributed by atoms with Crippen LogP contribution in [-0.2, 0) is 20.8 Å². The van der Waals surface area contributed by atoms with Gasteiger partial charge in [0.15, 0.2) is 0 Å². The quantitative estimate of drug-likeness (QED) is 0.795. The maximum Gasteiger partial charge on any atom is 0.306 e. The number of carboxylic acid groups (broad SMARTS) is 1. The van der Waals surface area contributed by atoms with Gasteiger partial charge in [0.2, 0.25) is 11.8 Å². The minimum absolute atomic E-state index is 0.0445. The molecule has 0 aromatic heterocycles. The van der Waals surface area contributed by atoms with Crippen LogP contribution in [0.25, 0.3) is 0 Å². The van der Waals surface area contributed by atoms with E-state index in [1.165, 1.54) is 10.5 Å². The van der Waals surface area contributed by atoms with Gasteiger partial charge in [0, 0.05) is 26.6 Å². The molecule has 0 unspecified atom stereocenters. The van der Waals surface area contributed by atoms with Crippen molar-refractivity contribution >= 4 is 17.8 Å². The van der Waals surface area contributed by atoms with Crippen LogP contribution in [0.15, 0.2) is 24.3 Å². The third-order valence-electron chi connectivity index (χ3n) is 5.27. The number of hydrogen-bond donors (Lipinski definition) is 1. The first-order valence-electron chi connectivity index (χ1n) is 9.61. The van der Waals surface area contributed by atoms with Gasteiger partial charge in [0.05, 0.1) is 12.5 Å². The SMILES string of the molecule is CC(C)c1ccc(CCC(=O)N(C)CC(=O)N2CCC(C(=O)O)CC2)cc1. The Bertz CT molecular complexity index is 661. The minimum Gasteiger partial charge on any atom is -0.481 e. The number of carbonyl (C=O) groups excluding carboxylic acids is 2. The summed E-state index contributed by atoms with van der Waals surface area (Å²) in [5.74, 6) is -0.850. The van der Waals surface area contributed by atoms with Gasteiger partial charge in [-0.05, 0) is 36.3 Å². The highest BCUT2D eigenvalue weighted by atomic mass is 16.4. The molecule has 6 heteroatoms. The summed E-state index contributed by atoms with van der Waals surface area (Å²) in [6, 6.07) is 8.30. The molecule has 0 bridgehead atoms. The van der Waals surface area contributed by atoms with Gasteiger partial charge in [-0.25, -0.2) is 0 Å². The summed E-state index contributed by atoms with van der Waals surface area (Å²) in [7, 11) is 1.64. The van der Waals surface area contributed by atoms with Crippen LogP contribution in [0, 0.1) is 5.92 Å². The lowest BCUT2D eigenvalue weighted by atomic mass is 9.97. The maximum absolute atomic E-state index is 12.3. The second-order valence-electron chi connectivity index (χ2n) is 7.64. The van der Waals surface area contributed by atoms with Crippen LogP contribution in [0.5, 0.6) is 0 Å². The third-order valence-corrected chi connectivity index (χ3v) is 5.27. The van der Waals surface area contributed by atoms with Gasteiger partial charge < -0.3 is 14.9 Å². The number of benzene rings is 1. The highest BCUT2D eigenvalue weighted by Crippen LogP contribution is 2.18. The number of aliphatic carboxylic acids is 1. The maximum atomic E-state index is 12.3. The second-order valence-corrected chi connectivity index (χ2v) is 7.64. The van der Waals surface area contributed by atoms with Gasteiger partial charge in [-0.3, -0.25) is 14.4 Å². The third kappa shape index (κ3) is 6.08. The zero-order chi connectivity index (χ0) is 20.0. The summed E-state index contributed by atoms with van der Waals surface area (Å²) in [5.41, 5.74) is 2.39. The zero-order valence-corrected chi connectivity index (χ0v) is 16.5. The topological polar surface area (TPSA) is 77.9 Å². The summed E-state index contributed by atoms with van der Waals surface area (Å²) >= 11 is 0. The molecule has 0 atom stereocenters. The molecule has 1 aromatic carbocycles. The lowest BCUT2D eigenvalue weighted by molar-refractivity contribution is -0.146. The van der Waals surface area contributed by atoms with E-state index >= 15 is 0 Å². The van der Waals surface area contributed by atoms with Crippen molar-refractivity contribution in [2.75, 3.05) is 26.7 Å². The number of likely N-dealkylation sites (tertiary alicyclic amines) is 1. The van der Waals surface area contributed by atoms with Crippen molar-refractivity contribution in [3.8, 4) is 0 Å². The number of carboxylic acids is 1. The van der Waals surface area contributed by atoms with E-state index in [1.54, 1.807) is 11.9 Å². The van der Waals surface area contributed by atoms with Crippen LogP contribution in [0.2, 0.25) is 0 Å². The molecule has 2 rings (SSSR count). The van der Waals surface area contributed by atoms with Crippen LogP contribution >= 0.6 is 0 Å². The first kappa shape index (κ1) is 20.9. The zero-order valence-electron chi connectivity index (χ0n) is 16.5. The fourth-order valence-corrected chi connectivity index (χ4v) is 3.28. The van der Waals surface area contributed by atoms with E-state index in [4.69, 9.17) is 5.11 Å². The second kappa shape index (κ2) is 9.53. The van der Waals surface area contributed by atoms with Crippen molar-refractivity contribution in [3.63, 3.8) is 0 Å². The molecule has 27 heavy (non-hydrogen) atoms. The highest BCUT2D eigenvalue weighted by Gasteiger charge is 2.27. The molecule has 1 aliphatic rings. The van der Waals surface area contributed by atoms with E-state index in [2.05, 4.69) is 38.1 Å². The molecule has 1 saturated heterocycles. The molecular formula is C21H30N2O4. The first-order chi connectivity index (χ1) is 12.8. The van der Waals surface area contributed by atoms with Crippen molar-refractivity contribution < 1.29 is 19.5 Å². The van der Waals surface area contributed by atoms with E-state index in [-0.39, 0.29) is 24.3 Å². The lowest BCUT2D eigenvalue weighted by Crippen LogP contribution is -2.45. The molecule has 6 nitrogen and oxygen atoms in total. The van der Waals surface area contributed by atoms with E-state index in [0.29, 0.717) is 44.7 Å². The number of rotatable bonds is 7. The van der Waals surface area contributed by atoms with E-state index in [0.717, 1.165) is 5.56 Å². The molecule has 1 heterocycles. The minimum atomic E-state index is -0.796. The summed E-state index contributed by atoms with van der Waals surface area (Å²) in [6.07, 6.45) is 1.97. The van der Waals surface area contributed by atoms with Crippen molar-refractivity contribution in [1.29, 1.82) is 0 Å². The normalized spacial score (nSPS) is 15.0. The average molecular weight is 374 g/mol. The molecular weight excluding hydrogens is 344 g/mol. The largest absolute Gasteiger partial charge is 0.481 e. The van der Waals surface area contributed by atoms with Gasteiger partial charge in [0.1, 0.15) is 0 Å². The number of hydrogen-bond acceptors (Lipinski definition) is 3. The molecule has 1 aliphatic heterocycles. The summed E-state index contributed by atoms with van der Waals surface area (Å²) in [5, 5.41) is 9.02. The van der Waals surface area contributed by atoms with E-state index in [1.807, 2.05) is 0 Å². The predicted molar refractivity (Wildman–Crippen MR) is 103 cm³/mol. The Morgan fingerprint density at radius 1 is 1.15 bits per heavy atom.